The highest BCUT2D eigenvalue weighted by Crippen LogP contribution is 2.09. The van der Waals surface area contributed by atoms with Crippen LogP contribution in [0.3, 0.4) is 0 Å². The lowest BCUT2D eigenvalue weighted by molar-refractivity contribution is -0.138. The molecule has 1 aromatic rings. The highest BCUT2D eigenvalue weighted by Gasteiger charge is 2.13. The minimum absolute atomic E-state index is 0.133. The van der Waals surface area contributed by atoms with Crippen LogP contribution in [0.15, 0.2) is 12.3 Å². The minimum Gasteiger partial charge on any atom is -0.468 e. The summed E-state index contributed by atoms with van der Waals surface area (Å²) in [5.41, 5.74) is 5.56. The smallest absolute Gasteiger partial charge is 0.325 e. The molecule has 0 radical (unpaired) electrons. The van der Waals surface area contributed by atoms with Crippen LogP contribution in [0.2, 0.25) is 0 Å². The number of anilines is 2. The van der Waals surface area contributed by atoms with E-state index in [4.69, 9.17) is 5.73 Å². The van der Waals surface area contributed by atoms with E-state index in [1.54, 1.807) is 17.2 Å². The Bertz CT molecular complexity index is 356. The minimum atomic E-state index is -0.320. The standard InChI is InChI=1S/C10H16N4O2/c1-3-6-14(7-9(15)16-2)10-12-5-4-8(11)13-10/h4-5H,3,6-7H2,1-2H3,(H2,11,12,13). The van der Waals surface area contributed by atoms with Crippen LogP contribution in [0.1, 0.15) is 13.3 Å². The first kappa shape index (κ1) is 12.2. The molecule has 0 aliphatic heterocycles. The van der Waals surface area contributed by atoms with Gasteiger partial charge in [-0.1, -0.05) is 6.92 Å². The normalized spacial score (nSPS) is 9.88. The number of carbonyl (C=O) groups is 1. The first-order valence-electron chi connectivity index (χ1n) is 5.07. The Hall–Kier alpha value is -1.85. The molecule has 16 heavy (non-hydrogen) atoms. The maximum atomic E-state index is 11.2. The van der Waals surface area contributed by atoms with Crippen molar-refractivity contribution in [2.75, 3.05) is 30.8 Å². The van der Waals surface area contributed by atoms with Crippen molar-refractivity contribution in [1.82, 2.24) is 9.97 Å². The lowest BCUT2D eigenvalue weighted by Gasteiger charge is -2.20. The maximum absolute atomic E-state index is 11.2. The number of nitrogens with two attached hydrogens (primary N) is 1. The molecule has 0 spiro atoms. The predicted octanol–water partition coefficient (Wildman–Crippen LogP) is 0.448. The predicted molar refractivity (Wildman–Crippen MR) is 61.0 cm³/mol. The monoisotopic (exact) mass is 224 g/mol. The molecule has 0 saturated heterocycles. The van der Waals surface area contributed by atoms with Gasteiger partial charge in [-0.3, -0.25) is 4.79 Å². The van der Waals surface area contributed by atoms with Crippen LogP contribution in [-0.2, 0) is 9.53 Å². The van der Waals surface area contributed by atoms with E-state index in [1.165, 1.54) is 7.11 Å². The lowest BCUT2D eigenvalue weighted by atomic mass is 10.4. The maximum Gasteiger partial charge on any atom is 0.325 e. The summed E-state index contributed by atoms with van der Waals surface area (Å²) in [5.74, 6) is 0.516. The van der Waals surface area contributed by atoms with Crippen LogP contribution >= 0.6 is 0 Å². The third kappa shape index (κ3) is 3.38. The lowest BCUT2D eigenvalue weighted by Crippen LogP contribution is -2.32. The second kappa shape index (κ2) is 5.89. The molecule has 0 bridgehead atoms. The third-order valence-electron chi connectivity index (χ3n) is 1.99. The van der Waals surface area contributed by atoms with Crippen molar-refractivity contribution < 1.29 is 9.53 Å². The average molecular weight is 224 g/mol. The Kier molecular flexibility index (Phi) is 4.50. The van der Waals surface area contributed by atoms with E-state index < -0.39 is 0 Å². The number of nitrogens with zero attached hydrogens (tertiary/aromatic N) is 3. The average Bonchev–Trinajstić information content (AvgIpc) is 2.28. The topological polar surface area (TPSA) is 81.3 Å². The molecule has 1 heterocycles. The number of nitrogen functional groups attached to an aromatic ring is 1. The summed E-state index contributed by atoms with van der Waals surface area (Å²) < 4.78 is 4.61. The third-order valence-corrected chi connectivity index (χ3v) is 1.99. The summed E-state index contributed by atoms with van der Waals surface area (Å²) in [6.07, 6.45) is 2.45. The molecule has 1 aromatic heterocycles. The van der Waals surface area contributed by atoms with Crippen molar-refractivity contribution in [2.45, 2.75) is 13.3 Å². The van der Waals surface area contributed by atoms with Crippen LogP contribution in [0.4, 0.5) is 11.8 Å². The first-order chi connectivity index (χ1) is 7.67. The summed E-state index contributed by atoms with van der Waals surface area (Å²) in [4.78, 5) is 21.1. The zero-order chi connectivity index (χ0) is 12.0. The zero-order valence-electron chi connectivity index (χ0n) is 9.51. The van der Waals surface area contributed by atoms with E-state index in [1.807, 2.05) is 6.92 Å². The van der Waals surface area contributed by atoms with Crippen molar-refractivity contribution in [3.05, 3.63) is 12.3 Å². The Labute approximate surface area is 94.4 Å². The molecule has 0 unspecified atom stereocenters. The van der Waals surface area contributed by atoms with Crippen LogP contribution in [0.25, 0.3) is 0 Å². The largest absolute Gasteiger partial charge is 0.468 e. The Morgan fingerprint density at radius 3 is 2.94 bits per heavy atom. The van der Waals surface area contributed by atoms with Crippen molar-refractivity contribution in [3.63, 3.8) is 0 Å². The van der Waals surface area contributed by atoms with Crippen LogP contribution < -0.4 is 10.6 Å². The van der Waals surface area contributed by atoms with Gasteiger partial charge < -0.3 is 15.4 Å². The quantitative estimate of drug-likeness (QED) is 0.731. The molecule has 1 rings (SSSR count). The fourth-order valence-corrected chi connectivity index (χ4v) is 1.25. The highest BCUT2D eigenvalue weighted by atomic mass is 16.5. The highest BCUT2D eigenvalue weighted by molar-refractivity contribution is 5.74. The van der Waals surface area contributed by atoms with Gasteiger partial charge in [-0.05, 0) is 12.5 Å². The van der Waals surface area contributed by atoms with Gasteiger partial charge >= 0.3 is 5.97 Å². The molecule has 0 saturated carbocycles. The van der Waals surface area contributed by atoms with Gasteiger partial charge in [0.2, 0.25) is 5.95 Å². The molecule has 6 heteroatoms. The molecule has 0 aromatic carbocycles. The van der Waals surface area contributed by atoms with E-state index >= 15 is 0 Å². The second-order valence-corrected chi connectivity index (χ2v) is 3.28. The van der Waals surface area contributed by atoms with Gasteiger partial charge in [-0.2, -0.15) is 4.98 Å². The van der Waals surface area contributed by atoms with Crippen molar-refractivity contribution in [1.29, 1.82) is 0 Å². The van der Waals surface area contributed by atoms with Crippen molar-refractivity contribution >= 4 is 17.7 Å². The van der Waals surface area contributed by atoms with Crippen molar-refractivity contribution in [3.8, 4) is 0 Å². The fraction of sp³-hybridized carbons (Fsp3) is 0.500. The Balaban J connectivity index is 2.80. The van der Waals surface area contributed by atoms with Gasteiger partial charge in [0.25, 0.3) is 0 Å². The van der Waals surface area contributed by atoms with E-state index in [-0.39, 0.29) is 12.5 Å². The SMILES string of the molecule is CCCN(CC(=O)OC)c1nccc(N)n1. The van der Waals surface area contributed by atoms with Crippen LogP contribution in [0.5, 0.6) is 0 Å². The molecule has 0 atom stereocenters. The molecule has 0 fully saturated rings. The van der Waals surface area contributed by atoms with E-state index in [2.05, 4.69) is 14.7 Å². The van der Waals surface area contributed by atoms with Gasteiger partial charge in [0.05, 0.1) is 7.11 Å². The summed E-state index contributed by atoms with van der Waals surface area (Å²) in [7, 11) is 1.35. The number of hydrogen-bond donors (Lipinski definition) is 1. The number of hydrogen-bond acceptors (Lipinski definition) is 6. The van der Waals surface area contributed by atoms with E-state index in [0.29, 0.717) is 18.3 Å². The summed E-state index contributed by atoms with van der Waals surface area (Å²) >= 11 is 0. The Morgan fingerprint density at radius 2 is 2.38 bits per heavy atom. The molecule has 6 nitrogen and oxygen atoms in total. The Morgan fingerprint density at radius 1 is 1.62 bits per heavy atom. The molecule has 88 valence electrons. The number of rotatable bonds is 5. The number of esters is 1. The van der Waals surface area contributed by atoms with Gasteiger partial charge in [-0.25, -0.2) is 4.98 Å². The zero-order valence-corrected chi connectivity index (χ0v) is 9.51. The number of aromatic nitrogens is 2. The van der Waals surface area contributed by atoms with E-state index in [0.717, 1.165) is 6.42 Å². The van der Waals surface area contributed by atoms with Gasteiger partial charge in [-0.15, -0.1) is 0 Å². The summed E-state index contributed by atoms with van der Waals surface area (Å²) in [6.45, 7) is 2.82. The molecule has 0 aliphatic rings. The van der Waals surface area contributed by atoms with E-state index in [9.17, 15) is 4.79 Å². The first-order valence-corrected chi connectivity index (χ1v) is 5.07. The molecule has 0 aliphatic carbocycles. The summed E-state index contributed by atoms with van der Waals surface area (Å²) in [5, 5.41) is 0. The number of methoxy groups -OCH3 is 1. The van der Waals surface area contributed by atoms with Gasteiger partial charge in [0, 0.05) is 12.7 Å². The van der Waals surface area contributed by atoms with Crippen LogP contribution in [-0.4, -0.2) is 36.1 Å². The van der Waals surface area contributed by atoms with Gasteiger partial charge in [0.15, 0.2) is 0 Å². The van der Waals surface area contributed by atoms with Gasteiger partial charge in [0.1, 0.15) is 12.4 Å². The van der Waals surface area contributed by atoms with Crippen LogP contribution in [0, 0.1) is 0 Å². The fourth-order valence-electron chi connectivity index (χ4n) is 1.25. The van der Waals surface area contributed by atoms with Crippen molar-refractivity contribution in [2.24, 2.45) is 0 Å². The number of carbonyl (C=O) groups excluding carboxylic acids is 1. The second-order valence-electron chi connectivity index (χ2n) is 3.28. The molecular formula is C10H16N4O2. The molecular weight excluding hydrogens is 208 g/mol. The number of ether oxygens (including phenoxy) is 1. The molecule has 0 amide bonds. The summed E-state index contributed by atoms with van der Waals surface area (Å²) in [6, 6.07) is 1.60. The molecule has 2 N–H and O–H groups in total.